The molecule has 4 heteroatoms. The minimum atomic E-state index is 0. The van der Waals surface area contributed by atoms with E-state index in [9.17, 15) is 0 Å². The molecule has 0 fully saturated rings. The fourth-order valence-electron chi connectivity index (χ4n) is 0. The Hall–Kier alpha value is 2.12. The van der Waals surface area contributed by atoms with E-state index in [1.807, 2.05) is 0 Å². The third-order valence-electron chi connectivity index (χ3n) is 0. The third-order valence-corrected chi connectivity index (χ3v) is 0. The van der Waals surface area contributed by atoms with E-state index in [4.69, 9.17) is 0 Å². The Morgan fingerprint density at radius 3 is 1.00 bits per heavy atom. The van der Waals surface area contributed by atoms with Crippen LogP contribution in [0.5, 0.6) is 0 Å². The summed E-state index contributed by atoms with van der Waals surface area (Å²) in [5.74, 6) is 0. The molecule has 0 aromatic rings. The maximum absolute atomic E-state index is 0. The molecule has 1 radical (unpaired) electrons. The maximum Gasteiger partial charge on any atom is 0 e. The van der Waals surface area contributed by atoms with Crippen LogP contribution in [0.15, 0.2) is 0 Å². The summed E-state index contributed by atoms with van der Waals surface area (Å²) in [7, 11) is 0. The first-order chi connectivity index (χ1) is 0. The van der Waals surface area contributed by atoms with E-state index in [-0.39, 0.29) is 64.2 Å². The summed E-state index contributed by atoms with van der Waals surface area (Å²) >= 11 is 0. The Morgan fingerprint density at radius 2 is 1.00 bits per heavy atom. The molecule has 0 saturated heterocycles. The minimum absolute atomic E-state index is 0. The zero-order chi connectivity index (χ0) is 0. The molecule has 0 aliphatic rings. The Balaban J connectivity index is 0. The van der Waals surface area contributed by atoms with Crippen LogP contribution in [0.4, 0.5) is 0 Å². The Bertz CT molecular complexity index is 8.00. The molecule has 4 heavy (non-hydrogen) atoms. The molecule has 0 aliphatic carbocycles. The van der Waals surface area contributed by atoms with Gasteiger partial charge in [0, 0.05) is 54.3 Å². The van der Waals surface area contributed by atoms with E-state index in [1.54, 1.807) is 0 Å². The molecule has 0 spiro atoms. The van der Waals surface area contributed by atoms with Gasteiger partial charge in [0.1, 0.15) is 0 Å². The monoisotopic (exact) mass is 335 g/mol. The summed E-state index contributed by atoms with van der Waals surface area (Å²) in [6.45, 7) is 0. The Kier molecular flexibility index (Phi) is 173. The van der Waals surface area contributed by atoms with E-state index in [0.717, 1.165) is 0 Å². The summed E-state index contributed by atoms with van der Waals surface area (Å²) in [5, 5.41) is 0. The van der Waals surface area contributed by atoms with Crippen LogP contribution in [0.25, 0.3) is 0 Å². The molecule has 0 heterocycles. The van der Waals surface area contributed by atoms with Crippen molar-refractivity contribution in [2.45, 2.75) is 0 Å². The smallest absolute Gasteiger partial charge is 0 e. The molecule has 0 aliphatic heterocycles. The van der Waals surface area contributed by atoms with Crippen molar-refractivity contribution >= 4 is 9.90 Å². The molecule has 0 rings (SSSR count). The fraction of sp³-hybridized carbons (Fsp3) is 0. The second-order valence-electron chi connectivity index (χ2n) is 0. The molecule has 0 bridgehead atoms. The van der Waals surface area contributed by atoms with Gasteiger partial charge >= 0.3 is 0 Å². The van der Waals surface area contributed by atoms with Gasteiger partial charge in [0.2, 0.25) is 0 Å². The van der Waals surface area contributed by atoms with Gasteiger partial charge in [-0.25, -0.2) is 0 Å². The van der Waals surface area contributed by atoms with Crippen molar-refractivity contribution in [3.63, 3.8) is 0 Å². The van der Waals surface area contributed by atoms with E-state index >= 15 is 0 Å². The summed E-state index contributed by atoms with van der Waals surface area (Å²) in [4.78, 5) is 0. The third kappa shape index (κ3) is 8.92. The van der Waals surface area contributed by atoms with Gasteiger partial charge in [-0.05, 0) is 0 Å². The van der Waals surface area contributed by atoms with Crippen molar-refractivity contribution < 1.29 is 54.3 Å². The average Bonchev–Trinajstić information content (AvgIpc) is 0. The number of rotatable bonds is 0. The van der Waals surface area contributed by atoms with Gasteiger partial charge in [0.15, 0.2) is 0 Å². The van der Waals surface area contributed by atoms with Crippen LogP contribution in [0.1, 0.15) is 0 Å². The molecule has 0 aromatic heterocycles. The van der Waals surface area contributed by atoms with Gasteiger partial charge in [-0.3, -0.25) is 0 Å². The van der Waals surface area contributed by atoms with Crippen molar-refractivity contribution in [3.8, 4) is 0 Å². The van der Waals surface area contributed by atoms with Crippen molar-refractivity contribution in [3.05, 3.63) is 0 Å². The molecule has 1 unspecified atom stereocenters. The number of hydrogen-bond acceptors (Lipinski definition) is 0. The maximum atomic E-state index is 0. The van der Waals surface area contributed by atoms with Crippen LogP contribution in [-0.4, -0.2) is 0 Å². The van der Waals surface area contributed by atoms with Gasteiger partial charge in [0.25, 0.3) is 0 Å². The van der Waals surface area contributed by atoms with E-state index < -0.39 is 0 Å². The van der Waals surface area contributed by atoms with Crippen molar-refractivity contribution in [1.82, 2.24) is 0 Å². The van der Waals surface area contributed by atoms with Gasteiger partial charge in [-0.1, -0.05) is 0 Å². The second-order valence-corrected chi connectivity index (χ2v) is 0. The predicted octanol–water partition coefficient (Wildman–Crippen LogP) is 0.0506. The molecular weight excluding hydrogens is 332 g/mol. The Morgan fingerprint density at radius 1 is 1.00 bits per heavy atom. The molecule has 1 atom stereocenters. The normalized spacial score (nSPS) is 0. The van der Waals surface area contributed by atoms with E-state index in [2.05, 4.69) is 0 Å². The van der Waals surface area contributed by atoms with E-state index in [0.29, 0.717) is 0 Å². The average molecular weight is 335 g/mol. The van der Waals surface area contributed by atoms with Crippen LogP contribution in [0, 0.1) is 0 Å². The van der Waals surface area contributed by atoms with Gasteiger partial charge in [-0.15, -0.1) is 0 Å². The second kappa shape index (κ2) is 19.3. The SMILES string of the molecule is P.[Co].[Ni].[W]. The standard InChI is InChI=1S/Co.Ni.H3P.W/h;;1H3;. The molecule has 0 N–H and O–H groups in total. The van der Waals surface area contributed by atoms with Crippen molar-refractivity contribution in [2.24, 2.45) is 0 Å². The summed E-state index contributed by atoms with van der Waals surface area (Å²) in [6, 6.07) is 0. The summed E-state index contributed by atoms with van der Waals surface area (Å²) < 4.78 is 0. The molecule has 0 amide bonds. The van der Waals surface area contributed by atoms with Crippen molar-refractivity contribution in [1.29, 1.82) is 0 Å². The first kappa shape index (κ1) is 35.7. The predicted molar refractivity (Wildman–Crippen MR) is 11.1 cm³/mol. The zero-order valence-electron chi connectivity index (χ0n) is 1.76. The molecule has 33 valence electrons. The van der Waals surface area contributed by atoms with Crippen LogP contribution in [-0.2, 0) is 54.3 Å². The quantitative estimate of drug-likeness (QED) is 0.434. The summed E-state index contributed by atoms with van der Waals surface area (Å²) in [5.41, 5.74) is 0. The van der Waals surface area contributed by atoms with Gasteiger partial charge in [0.05, 0.1) is 0 Å². The molecule has 0 nitrogen and oxygen atoms in total. The van der Waals surface area contributed by atoms with Gasteiger partial charge in [-0.2, -0.15) is 9.90 Å². The van der Waals surface area contributed by atoms with Crippen LogP contribution >= 0.6 is 9.90 Å². The molecular formula is H3CoNiPW. The van der Waals surface area contributed by atoms with Crippen LogP contribution in [0.2, 0.25) is 0 Å². The topological polar surface area (TPSA) is 0 Å². The zero-order valence-corrected chi connectivity index (χ0v) is 8.14. The van der Waals surface area contributed by atoms with E-state index in [1.165, 1.54) is 0 Å². The first-order valence-corrected chi connectivity index (χ1v) is 0. The Labute approximate surface area is 63.9 Å². The first-order valence-electron chi connectivity index (χ1n) is 0. The van der Waals surface area contributed by atoms with Crippen LogP contribution < -0.4 is 0 Å². The number of hydrogen-bond donors (Lipinski definition) is 0. The minimum Gasteiger partial charge on any atom is -0.153 e. The largest absolute Gasteiger partial charge is 0.153 e. The fourth-order valence-corrected chi connectivity index (χ4v) is 0. The molecule has 0 aromatic carbocycles. The summed E-state index contributed by atoms with van der Waals surface area (Å²) in [6.07, 6.45) is 0. The molecule has 0 saturated carbocycles. The van der Waals surface area contributed by atoms with Gasteiger partial charge < -0.3 is 0 Å². The van der Waals surface area contributed by atoms with Crippen LogP contribution in [0.3, 0.4) is 0 Å². The van der Waals surface area contributed by atoms with Crippen molar-refractivity contribution in [2.75, 3.05) is 0 Å².